The number of carbonyl (C=O) groups is 4. The van der Waals surface area contributed by atoms with Crippen molar-refractivity contribution in [3.63, 3.8) is 0 Å². The molecule has 0 radical (unpaired) electrons. The number of amides is 3. The van der Waals surface area contributed by atoms with Crippen LogP contribution in [-0.2, 0) is 14.3 Å². The van der Waals surface area contributed by atoms with Crippen LogP contribution in [-0.4, -0.2) is 95.8 Å². The normalized spacial score (nSPS) is 24.8. The highest BCUT2D eigenvalue weighted by Crippen LogP contribution is 2.37. The molecule has 4 heterocycles. The third-order valence-corrected chi connectivity index (χ3v) is 8.68. The number of nitrogens with one attached hydrogen (secondary N) is 1. The van der Waals surface area contributed by atoms with Crippen molar-refractivity contribution in [3.8, 4) is 0 Å². The number of methoxy groups -OCH3 is 1. The zero-order valence-corrected chi connectivity index (χ0v) is 24.2. The van der Waals surface area contributed by atoms with E-state index < -0.39 is 23.5 Å². The number of para-hydroxylation sites is 1. The van der Waals surface area contributed by atoms with E-state index in [1.54, 1.807) is 72.7 Å². The van der Waals surface area contributed by atoms with Gasteiger partial charge in [-0.2, -0.15) is 0 Å². The van der Waals surface area contributed by atoms with Crippen molar-refractivity contribution in [2.24, 2.45) is 5.92 Å². The van der Waals surface area contributed by atoms with E-state index in [0.717, 1.165) is 25.7 Å². The molecule has 41 heavy (non-hydrogen) atoms. The summed E-state index contributed by atoms with van der Waals surface area (Å²) < 4.78 is 5.79. The molecule has 1 N–H and O–H groups in total. The lowest BCUT2D eigenvalue weighted by Gasteiger charge is -2.41. The lowest BCUT2D eigenvalue weighted by atomic mass is 9.88. The van der Waals surface area contributed by atoms with Gasteiger partial charge < -0.3 is 19.9 Å². The van der Waals surface area contributed by atoms with Crippen LogP contribution in [0.4, 0.5) is 5.69 Å². The van der Waals surface area contributed by atoms with Gasteiger partial charge in [-0.3, -0.25) is 29.1 Å². The average Bonchev–Trinajstić information content (AvgIpc) is 3.18. The second-order valence-electron chi connectivity index (χ2n) is 11.7. The van der Waals surface area contributed by atoms with Crippen molar-refractivity contribution in [1.29, 1.82) is 0 Å². The molecular weight excluding hydrogens is 522 g/mol. The first kappa shape index (κ1) is 28.9. The Morgan fingerprint density at radius 2 is 1.73 bits per heavy atom. The standard InChI is InChI=1S/C31H39N5O5/c1-19(2)36-26-8-6-5-7-25(26)28(37)27(31(36)40)29(38)33-21-15-22-9-10-23(16-21)35(22)18-24(41-4)17-34(3)30(39)20-11-13-32-14-12-20/h5-8,11-14,19,21-24,27H,9-10,15-18H2,1-4H3,(H,33,38)/t21-,22-,23+,24?,27?. The smallest absolute Gasteiger partial charge is 0.253 e. The topological polar surface area (TPSA) is 112 Å². The lowest BCUT2D eigenvalue weighted by molar-refractivity contribution is -0.132. The predicted molar refractivity (Wildman–Crippen MR) is 154 cm³/mol. The Labute approximate surface area is 241 Å². The fraction of sp³-hybridized carbons (Fsp3) is 0.516. The highest BCUT2D eigenvalue weighted by molar-refractivity contribution is 6.31. The van der Waals surface area contributed by atoms with Crippen LogP contribution in [0.15, 0.2) is 48.8 Å². The van der Waals surface area contributed by atoms with Crippen LogP contribution < -0.4 is 10.2 Å². The minimum absolute atomic E-state index is 0.0793. The second-order valence-corrected chi connectivity index (χ2v) is 11.7. The molecule has 3 aliphatic rings. The molecule has 2 bridgehead atoms. The first-order valence-corrected chi connectivity index (χ1v) is 14.4. The summed E-state index contributed by atoms with van der Waals surface area (Å²) in [6, 6.07) is 10.6. The van der Waals surface area contributed by atoms with Crippen molar-refractivity contribution in [3.05, 3.63) is 59.9 Å². The van der Waals surface area contributed by atoms with E-state index in [4.69, 9.17) is 4.74 Å². The molecule has 0 saturated carbocycles. The third-order valence-electron chi connectivity index (χ3n) is 8.68. The fourth-order valence-electron chi connectivity index (χ4n) is 6.70. The molecule has 1 aromatic heterocycles. The Morgan fingerprint density at radius 1 is 1.07 bits per heavy atom. The van der Waals surface area contributed by atoms with Crippen molar-refractivity contribution in [2.45, 2.75) is 69.8 Å². The van der Waals surface area contributed by atoms with Gasteiger partial charge in [-0.05, 0) is 63.8 Å². The number of ether oxygens (including phenoxy) is 1. The number of carbonyl (C=O) groups excluding carboxylic acids is 4. The maximum absolute atomic E-state index is 13.5. The molecule has 3 amide bonds. The molecule has 218 valence electrons. The van der Waals surface area contributed by atoms with Crippen molar-refractivity contribution < 1.29 is 23.9 Å². The molecule has 5 rings (SSSR count). The Kier molecular flexibility index (Phi) is 8.51. The Morgan fingerprint density at radius 3 is 2.37 bits per heavy atom. The lowest BCUT2D eigenvalue weighted by Crippen LogP contribution is -2.57. The van der Waals surface area contributed by atoms with E-state index in [1.807, 2.05) is 13.8 Å². The van der Waals surface area contributed by atoms with E-state index in [9.17, 15) is 19.2 Å². The molecule has 2 saturated heterocycles. The summed E-state index contributed by atoms with van der Waals surface area (Å²) in [5.41, 5.74) is 1.56. The summed E-state index contributed by atoms with van der Waals surface area (Å²) in [5.74, 6) is -2.86. The van der Waals surface area contributed by atoms with Gasteiger partial charge in [0.1, 0.15) is 0 Å². The Bertz CT molecular complexity index is 1290. The number of hydrogen-bond acceptors (Lipinski definition) is 7. The van der Waals surface area contributed by atoms with Gasteiger partial charge in [0.15, 0.2) is 11.7 Å². The van der Waals surface area contributed by atoms with Gasteiger partial charge in [0, 0.05) is 74.9 Å². The summed E-state index contributed by atoms with van der Waals surface area (Å²) in [5, 5.41) is 3.07. The molecule has 10 nitrogen and oxygen atoms in total. The van der Waals surface area contributed by atoms with E-state index in [0.29, 0.717) is 29.9 Å². The van der Waals surface area contributed by atoms with E-state index in [1.165, 1.54) is 0 Å². The summed E-state index contributed by atoms with van der Waals surface area (Å²) in [6.45, 7) is 4.90. The fourth-order valence-corrected chi connectivity index (χ4v) is 6.70. The summed E-state index contributed by atoms with van der Waals surface area (Å²) >= 11 is 0. The molecule has 1 aromatic carbocycles. The Hall–Kier alpha value is -3.63. The molecule has 10 heteroatoms. The number of fused-ring (bicyclic) bond motifs is 3. The molecule has 5 atom stereocenters. The van der Waals surface area contributed by atoms with Crippen LogP contribution in [0.5, 0.6) is 0 Å². The van der Waals surface area contributed by atoms with Crippen LogP contribution in [0, 0.1) is 5.92 Å². The summed E-state index contributed by atoms with van der Waals surface area (Å²) in [6.07, 6.45) is 6.54. The zero-order chi connectivity index (χ0) is 29.3. The van der Waals surface area contributed by atoms with Gasteiger partial charge in [0.2, 0.25) is 11.8 Å². The Balaban J connectivity index is 1.21. The predicted octanol–water partition coefficient (Wildman–Crippen LogP) is 2.53. The number of aromatic nitrogens is 1. The third kappa shape index (κ3) is 5.76. The second kappa shape index (κ2) is 12.1. The van der Waals surface area contributed by atoms with Crippen LogP contribution >= 0.6 is 0 Å². The maximum atomic E-state index is 13.5. The number of ketones is 1. The molecule has 2 fully saturated rings. The van der Waals surface area contributed by atoms with Gasteiger partial charge in [-0.15, -0.1) is 0 Å². The SMILES string of the molecule is COC(CN(C)C(=O)c1ccncc1)CN1[C@@H]2CC[C@H]1C[C@H](NC(=O)C1C(=O)c3ccccc3N(C(C)C)C1=O)C2. The van der Waals surface area contributed by atoms with Crippen molar-refractivity contribution >= 4 is 29.2 Å². The van der Waals surface area contributed by atoms with E-state index >= 15 is 0 Å². The average molecular weight is 562 g/mol. The van der Waals surface area contributed by atoms with Crippen LogP contribution in [0.25, 0.3) is 0 Å². The van der Waals surface area contributed by atoms with Crippen LogP contribution in [0.2, 0.25) is 0 Å². The highest BCUT2D eigenvalue weighted by atomic mass is 16.5. The van der Waals surface area contributed by atoms with Crippen molar-refractivity contribution in [1.82, 2.24) is 20.1 Å². The van der Waals surface area contributed by atoms with Crippen LogP contribution in [0.1, 0.15) is 60.2 Å². The number of rotatable bonds is 9. The highest BCUT2D eigenvalue weighted by Gasteiger charge is 2.47. The number of benzene rings is 1. The number of likely N-dealkylation sites (N-methyl/N-ethyl adjacent to an activating group) is 1. The van der Waals surface area contributed by atoms with Gasteiger partial charge in [0.05, 0.1) is 11.8 Å². The first-order valence-electron chi connectivity index (χ1n) is 14.4. The first-order chi connectivity index (χ1) is 19.7. The number of hydrogen-bond donors (Lipinski definition) is 1. The molecule has 0 aliphatic carbocycles. The van der Waals surface area contributed by atoms with E-state index in [-0.39, 0.29) is 36.2 Å². The monoisotopic (exact) mass is 561 g/mol. The number of nitrogens with zero attached hydrogens (tertiary/aromatic N) is 4. The number of anilines is 1. The molecule has 3 aliphatic heterocycles. The largest absolute Gasteiger partial charge is 0.378 e. The van der Waals surface area contributed by atoms with Gasteiger partial charge in [0.25, 0.3) is 5.91 Å². The van der Waals surface area contributed by atoms with Crippen LogP contribution in [0.3, 0.4) is 0 Å². The zero-order valence-electron chi connectivity index (χ0n) is 24.2. The quantitative estimate of drug-likeness (QED) is 0.469. The molecule has 2 unspecified atom stereocenters. The number of piperidine rings is 1. The summed E-state index contributed by atoms with van der Waals surface area (Å²) in [4.78, 5) is 62.6. The number of Topliss-reactive ketones (excluding diaryl/α,β-unsaturated/α-hetero) is 1. The summed E-state index contributed by atoms with van der Waals surface area (Å²) in [7, 11) is 3.44. The van der Waals surface area contributed by atoms with Gasteiger partial charge in [-0.25, -0.2) is 0 Å². The van der Waals surface area contributed by atoms with Gasteiger partial charge >= 0.3 is 0 Å². The minimum atomic E-state index is -1.37. The molecular formula is C31H39N5O5. The van der Waals surface area contributed by atoms with Gasteiger partial charge in [-0.1, -0.05) is 12.1 Å². The van der Waals surface area contributed by atoms with E-state index in [2.05, 4.69) is 15.2 Å². The molecule has 0 spiro atoms. The molecule has 2 aromatic rings. The minimum Gasteiger partial charge on any atom is -0.378 e. The maximum Gasteiger partial charge on any atom is 0.253 e. The number of pyridine rings is 1. The van der Waals surface area contributed by atoms with Crippen molar-refractivity contribution in [2.75, 3.05) is 32.1 Å².